The minimum absolute atomic E-state index is 0.251. The van der Waals surface area contributed by atoms with E-state index in [9.17, 15) is 22.8 Å². The van der Waals surface area contributed by atoms with Crippen LogP contribution < -0.4 is 20.1 Å². The standard InChI is InChI=1S/C19H15F3N2O4/c20-11-2-3-12(16(22)15(11)21)24-18(26)19(5-6-19)17(25)23-10-1-4-13-14(9-10)28-8-7-27-13/h1-4,9H,5-8H2,(H,23,25)(H,24,26). The Hall–Kier alpha value is -3.23. The molecule has 0 aromatic heterocycles. The largest absolute Gasteiger partial charge is 0.486 e. The van der Waals surface area contributed by atoms with Gasteiger partial charge in [-0.25, -0.2) is 13.2 Å². The molecule has 2 aliphatic rings. The van der Waals surface area contributed by atoms with Crippen LogP contribution in [-0.4, -0.2) is 25.0 Å². The second-order valence-corrected chi connectivity index (χ2v) is 6.57. The summed E-state index contributed by atoms with van der Waals surface area (Å²) >= 11 is 0. The Morgan fingerprint density at radius 3 is 2.25 bits per heavy atom. The molecule has 0 saturated heterocycles. The van der Waals surface area contributed by atoms with Crippen molar-refractivity contribution in [2.75, 3.05) is 23.8 Å². The Morgan fingerprint density at radius 2 is 1.54 bits per heavy atom. The summed E-state index contributed by atoms with van der Waals surface area (Å²) in [5.41, 5.74) is -1.51. The Kier molecular flexibility index (Phi) is 4.37. The Morgan fingerprint density at radius 1 is 0.857 bits per heavy atom. The molecular formula is C19H15F3N2O4. The van der Waals surface area contributed by atoms with Gasteiger partial charge in [-0.3, -0.25) is 9.59 Å². The Balaban J connectivity index is 1.48. The van der Waals surface area contributed by atoms with E-state index in [1.165, 1.54) is 0 Å². The molecule has 1 fully saturated rings. The molecule has 146 valence electrons. The van der Waals surface area contributed by atoms with Crippen molar-refractivity contribution in [2.24, 2.45) is 5.41 Å². The van der Waals surface area contributed by atoms with Gasteiger partial charge in [-0.1, -0.05) is 0 Å². The number of ether oxygens (including phenoxy) is 2. The minimum atomic E-state index is -1.69. The Labute approximate surface area is 157 Å². The van der Waals surface area contributed by atoms with E-state index in [0.29, 0.717) is 36.5 Å². The van der Waals surface area contributed by atoms with Crippen molar-refractivity contribution in [1.82, 2.24) is 0 Å². The highest BCUT2D eigenvalue weighted by molar-refractivity contribution is 6.17. The van der Waals surface area contributed by atoms with Crippen molar-refractivity contribution in [3.05, 3.63) is 47.8 Å². The minimum Gasteiger partial charge on any atom is -0.486 e. The van der Waals surface area contributed by atoms with E-state index in [0.717, 1.165) is 6.07 Å². The third kappa shape index (κ3) is 3.12. The molecule has 0 unspecified atom stereocenters. The summed E-state index contributed by atoms with van der Waals surface area (Å²) in [7, 11) is 0. The summed E-state index contributed by atoms with van der Waals surface area (Å²) in [6.45, 7) is 0.819. The van der Waals surface area contributed by atoms with E-state index < -0.39 is 40.4 Å². The number of anilines is 2. The molecule has 2 aromatic carbocycles. The van der Waals surface area contributed by atoms with Crippen molar-refractivity contribution in [2.45, 2.75) is 12.8 Å². The van der Waals surface area contributed by atoms with Crippen molar-refractivity contribution in [3.63, 3.8) is 0 Å². The van der Waals surface area contributed by atoms with Crippen molar-refractivity contribution >= 4 is 23.2 Å². The van der Waals surface area contributed by atoms with Gasteiger partial charge in [0.15, 0.2) is 29.0 Å². The van der Waals surface area contributed by atoms with Gasteiger partial charge in [-0.2, -0.15) is 0 Å². The normalized spacial score (nSPS) is 16.2. The van der Waals surface area contributed by atoms with Gasteiger partial charge in [-0.05, 0) is 37.1 Å². The number of fused-ring (bicyclic) bond motifs is 1. The first-order chi connectivity index (χ1) is 13.4. The van der Waals surface area contributed by atoms with Gasteiger partial charge in [0.1, 0.15) is 18.6 Å². The molecule has 2 aromatic rings. The molecule has 0 atom stereocenters. The molecule has 0 radical (unpaired) electrons. The fourth-order valence-electron chi connectivity index (χ4n) is 2.92. The Bertz CT molecular complexity index is 976. The third-order valence-corrected chi connectivity index (χ3v) is 4.70. The van der Waals surface area contributed by atoms with Gasteiger partial charge in [0.05, 0.1) is 5.69 Å². The van der Waals surface area contributed by atoms with Crippen LogP contribution in [-0.2, 0) is 9.59 Å². The molecule has 0 spiro atoms. The predicted molar refractivity (Wildman–Crippen MR) is 92.7 cm³/mol. The lowest BCUT2D eigenvalue weighted by atomic mass is 10.0. The zero-order valence-corrected chi connectivity index (χ0v) is 14.5. The van der Waals surface area contributed by atoms with Gasteiger partial charge in [0, 0.05) is 11.8 Å². The van der Waals surface area contributed by atoms with Gasteiger partial charge in [-0.15, -0.1) is 0 Å². The molecule has 2 amide bonds. The maximum absolute atomic E-state index is 13.8. The van der Waals surface area contributed by atoms with Crippen LogP contribution >= 0.6 is 0 Å². The number of carbonyl (C=O) groups excluding carboxylic acids is 2. The van der Waals surface area contributed by atoms with Crippen LogP contribution in [0.3, 0.4) is 0 Å². The van der Waals surface area contributed by atoms with Crippen molar-refractivity contribution in [1.29, 1.82) is 0 Å². The van der Waals surface area contributed by atoms with Gasteiger partial charge in [0.25, 0.3) is 0 Å². The molecule has 1 aliphatic carbocycles. The third-order valence-electron chi connectivity index (χ3n) is 4.70. The summed E-state index contributed by atoms with van der Waals surface area (Å²) in [6.07, 6.45) is 0.501. The first-order valence-corrected chi connectivity index (χ1v) is 8.57. The number of rotatable bonds is 4. The van der Waals surface area contributed by atoms with E-state index in [4.69, 9.17) is 9.47 Å². The van der Waals surface area contributed by atoms with E-state index in [1.807, 2.05) is 0 Å². The predicted octanol–water partition coefficient (Wildman–Crippen LogP) is 3.23. The number of hydrogen-bond acceptors (Lipinski definition) is 4. The first kappa shape index (κ1) is 18.1. The quantitative estimate of drug-likeness (QED) is 0.619. The molecule has 6 nitrogen and oxygen atoms in total. The number of hydrogen-bond donors (Lipinski definition) is 2. The topological polar surface area (TPSA) is 76.7 Å². The monoisotopic (exact) mass is 392 g/mol. The molecule has 1 saturated carbocycles. The average molecular weight is 392 g/mol. The lowest BCUT2D eigenvalue weighted by Gasteiger charge is -2.20. The smallest absolute Gasteiger partial charge is 0.240 e. The summed E-state index contributed by atoms with van der Waals surface area (Å²) < 4.78 is 51.0. The van der Waals surface area contributed by atoms with Gasteiger partial charge < -0.3 is 20.1 Å². The summed E-state index contributed by atoms with van der Waals surface area (Å²) in [5.74, 6) is -4.91. The SMILES string of the molecule is O=C(Nc1ccc2c(c1)OCCO2)C1(C(=O)Nc2ccc(F)c(F)c2F)CC1. The lowest BCUT2D eigenvalue weighted by molar-refractivity contribution is -0.131. The van der Waals surface area contributed by atoms with E-state index in [-0.39, 0.29) is 12.8 Å². The van der Waals surface area contributed by atoms with Crippen LogP contribution in [0.15, 0.2) is 30.3 Å². The molecule has 4 rings (SSSR count). The average Bonchev–Trinajstić information content (AvgIpc) is 3.50. The van der Waals surface area contributed by atoms with Crippen molar-refractivity contribution in [3.8, 4) is 11.5 Å². The maximum Gasteiger partial charge on any atom is 0.240 e. The zero-order valence-electron chi connectivity index (χ0n) is 14.5. The van der Waals surface area contributed by atoms with Crippen LogP contribution in [0.1, 0.15) is 12.8 Å². The molecule has 9 heteroatoms. The number of carbonyl (C=O) groups is 2. The number of benzene rings is 2. The fraction of sp³-hybridized carbons (Fsp3) is 0.263. The van der Waals surface area contributed by atoms with Crippen LogP contribution in [0.4, 0.5) is 24.5 Å². The zero-order chi connectivity index (χ0) is 19.9. The fourth-order valence-corrected chi connectivity index (χ4v) is 2.92. The second kappa shape index (κ2) is 6.74. The molecule has 2 N–H and O–H groups in total. The molecular weight excluding hydrogens is 377 g/mol. The molecule has 1 aliphatic heterocycles. The lowest BCUT2D eigenvalue weighted by Crippen LogP contribution is -2.36. The van der Waals surface area contributed by atoms with E-state index in [2.05, 4.69) is 10.6 Å². The van der Waals surface area contributed by atoms with Gasteiger partial charge in [0.2, 0.25) is 11.8 Å². The summed E-state index contributed by atoms with van der Waals surface area (Å²) in [4.78, 5) is 25.1. The van der Waals surface area contributed by atoms with Crippen LogP contribution in [0.25, 0.3) is 0 Å². The second-order valence-electron chi connectivity index (χ2n) is 6.57. The molecule has 1 heterocycles. The van der Waals surface area contributed by atoms with Crippen LogP contribution in [0.5, 0.6) is 11.5 Å². The highest BCUT2D eigenvalue weighted by atomic mass is 19.2. The molecule has 0 bridgehead atoms. The number of amides is 2. The van der Waals surface area contributed by atoms with Crippen LogP contribution in [0, 0.1) is 22.9 Å². The van der Waals surface area contributed by atoms with E-state index in [1.54, 1.807) is 18.2 Å². The number of nitrogens with one attached hydrogen (secondary N) is 2. The molecule has 28 heavy (non-hydrogen) atoms. The summed E-state index contributed by atoms with van der Waals surface area (Å²) in [6, 6.07) is 6.42. The van der Waals surface area contributed by atoms with Crippen LogP contribution in [0.2, 0.25) is 0 Å². The summed E-state index contributed by atoms with van der Waals surface area (Å²) in [5, 5.41) is 4.80. The van der Waals surface area contributed by atoms with E-state index >= 15 is 0 Å². The highest BCUT2D eigenvalue weighted by Gasteiger charge is 2.56. The highest BCUT2D eigenvalue weighted by Crippen LogP contribution is 2.48. The number of halogens is 3. The first-order valence-electron chi connectivity index (χ1n) is 8.57. The van der Waals surface area contributed by atoms with Crippen molar-refractivity contribution < 1.29 is 32.2 Å². The maximum atomic E-state index is 13.8. The van der Waals surface area contributed by atoms with Gasteiger partial charge >= 0.3 is 0 Å².